The maximum absolute atomic E-state index is 6.41. The number of hydrogen-bond donors (Lipinski definition) is 0. The normalized spacial score (nSPS) is 30.1. The highest BCUT2D eigenvalue weighted by atomic mass is 32.2. The van der Waals surface area contributed by atoms with Gasteiger partial charge < -0.3 is 4.74 Å². The standard InChI is InChI=1S/C21H16OS/c1-2-6-13-12(5-1)9-10-18-16(13)11-17-19-14-7-3-4-8-15(14)20(22-19)21(17)23-18/h1-10,17,19-21H,11H2/t17-,19-,20+,21-/m0/s1. The summed E-state index contributed by atoms with van der Waals surface area (Å²) in [7, 11) is 0. The van der Waals surface area contributed by atoms with E-state index in [0.717, 1.165) is 6.42 Å². The molecule has 3 heterocycles. The summed E-state index contributed by atoms with van der Waals surface area (Å²) in [5.74, 6) is 0.609. The third kappa shape index (κ3) is 1.58. The lowest BCUT2D eigenvalue weighted by molar-refractivity contribution is 0.0606. The van der Waals surface area contributed by atoms with E-state index in [2.05, 4.69) is 60.7 Å². The van der Waals surface area contributed by atoms with Crippen LogP contribution < -0.4 is 0 Å². The first kappa shape index (κ1) is 12.6. The van der Waals surface area contributed by atoms with Crippen LogP contribution in [0.3, 0.4) is 0 Å². The summed E-state index contributed by atoms with van der Waals surface area (Å²) in [5.41, 5.74) is 4.39. The molecule has 4 atom stereocenters. The van der Waals surface area contributed by atoms with Crippen LogP contribution in [-0.2, 0) is 11.2 Å². The van der Waals surface area contributed by atoms with Gasteiger partial charge in [-0.25, -0.2) is 0 Å². The lowest BCUT2D eigenvalue weighted by Crippen LogP contribution is -2.29. The Kier molecular flexibility index (Phi) is 2.42. The summed E-state index contributed by atoms with van der Waals surface area (Å²) in [6.45, 7) is 0. The smallest absolute Gasteiger partial charge is 0.0963 e. The second kappa shape index (κ2) is 4.40. The highest BCUT2D eigenvalue weighted by molar-refractivity contribution is 8.00. The van der Waals surface area contributed by atoms with Gasteiger partial charge in [-0.1, -0.05) is 54.6 Å². The van der Waals surface area contributed by atoms with Gasteiger partial charge in [0.05, 0.1) is 12.2 Å². The van der Waals surface area contributed by atoms with Crippen LogP contribution in [0.2, 0.25) is 0 Å². The number of fused-ring (bicyclic) bond motifs is 11. The molecule has 0 aliphatic carbocycles. The Balaban J connectivity index is 1.51. The van der Waals surface area contributed by atoms with Gasteiger partial charge in [-0.15, -0.1) is 11.8 Å². The molecule has 3 aromatic carbocycles. The van der Waals surface area contributed by atoms with Crippen molar-refractivity contribution in [2.75, 3.05) is 0 Å². The minimum absolute atomic E-state index is 0.283. The van der Waals surface area contributed by atoms with Crippen LogP contribution in [0.15, 0.2) is 65.6 Å². The zero-order valence-corrected chi connectivity index (χ0v) is 13.4. The molecule has 0 radical (unpaired) electrons. The van der Waals surface area contributed by atoms with E-state index in [-0.39, 0.29) is 6.10 Å². The fourth-order valence-electron chi connectivity index (χ4n) is 4.71. The van der Waals surface area contributed by atoms with E-state index in [4.69, 9.17) is 4.74 Å². The third-order valence-electron chi connectivity index (χ3n) is 5.71. The molecular formula is C21H16OS. The predicted molar refractivity (Wildman–Crippen MR) is 93.8 cm³/mol. The van der Waals surface area contributed by atoms with Crippen molar-refractivity contribution in [2.45, 2.75) is 28.8 Å². The number of ether oxygens (including phenoxy) is 1. The SMILES string of the molecule is c1ccc2c(c1)[C@H]1O[C@@H]2[C@@H]2Cc3c(ccc4ccccc34)S[C@@H]21. The van der Waals surface area contributed by atoms with Gasteiger partial charge in [0.1, 0.15) is 0 Å². The van der Waals surface area contributed by atoms with Gasteiger partial charge in [-0.2, -0.15) is 0 Å². The van der Waals surface area contributed by atoms with Gasteiger partial charge in [0, 0.05) is 16.1 Å². The first-order valence-corrected chi connectivity index (χ1v) is 9.20. The van der Waals surface area contributed by atoms with Crippen LogP contribution in [0, 0.1) is 5.92 Å². The molecule has 3 aromatic rings. The summed E-state index contributed by atoms with van der Waals surface area (Å²) in [4.78, 5) is 1.46. The molecule has 3 aliphatic heterocycles. The van der Waals surface area contributed by atoms with Crippen LogP contribution in [0.1, 0.15) is 28.9 Å². The molecule has 2 heteroatoms. The van der Waals surface area contributed by atoms with Gasteiger partial charge in [0.25, 0.3) is 0 Å². The molecule has 0 N–H and O–H groups in total. The molecule has 0 spiro atoms. The summed E-state index contributed by atoms with van der Waals surface area (Å²) in [5, 5.41) is 3.35. The first-order chi connectivity index (χ1) is 11.4. The first-order valence-electron chi connectivity index (χ1n) is 8.32. The molecule has 1 nitrogen and oxygen atoms in total. The fourth-order valence-corrected chi connectivity index (χ4v) is 6.23. The minimum atomic E-state index is 0.283. The Labute approximate surface area is 139 Å². The molecule has 2 bridgehead atoms. The molecule has 3 aliphatic rings. The van der Waals surface area contributed by atoms with E-state index < -0.39 is 0 Å². The molecule has 23 heavy (non-hydrogen) atoms. The summed E-state index contributed by atoms with van der Waals surface area (Å²) in [6, 6.07) is 22.2. The predicted octanol–water partition coefficient (Wildman–Crippen LogP) is 5.30. The second-order valence-electron chi connectivity index (χ2n) is 6.82. The zero-order valence-electron chi connectivity index (χ0n) is 12.6. The molecule has 0 saturated carbocycles. The van der Waals surface area contributed by atoms with Crippen molar-refractivity contribution in [1.29, 1.82) is 0 Å². The molecule has 1 fully saturated rings. The topological polar surface area (TPSA) is 9.23 Å². The van der Waals surface area contributed by atoms with Crippen molar-refractivity contribution in [2.24, 2.45) is 5.92 Å². The van der Waals surface area contributed by atoms with Crippen molar-refractivity contribution in [3.8, 4) is 0 Å². The molecular weight excluding hydrogens is 300 g/mol. The van der Waals surface area contributed by atoms with E-state index in [0.29, 0.717) is 17.3 Å². The maximum Gasteiger partial charge on any atom is 0.0963 e. The highest BCUT2D eigenvalue weighted by Gasteiger charge is 2.54. The molecule has 6 rings (SSSR count). The molecule has 1 saturated heterocycles. The van der Waals surface area contributed by atoms with Crippen LogP contribution in [0.25, 0.3) is 10.8 Å². The van der Waals surface area contributed by atoms with Gasteiger partial charge in [-0.3, -0.25) is 0 Å². The van der Waals surface area contributed by atoms with Crippen molar-refractivity contribution in [1.82, 2.24) is 0 Å². The zero-order chi connectivity index (χ0) is 15.0. The Morgan fingerprint density at radius 1 is 0.826 bits per heavy atom. The third-order valence-corrected chi connectivity index (χ3v) is 7.22. The number of hydrogen-bond acceptors (Lipinski definition) is 2. The van der Waals surface area contributed by atoms with Gasteiger partial charge in [-0.05, 0) is 39.9 Å². The summed E-state index contributed by atoms with van der Waals surface area (Å²) >= 11 is 2.04. The van der Waals surface area contributed by atoms with E-state index >= 15 is 0 Å². The Morgan fingerprint density at radius 3 is 2.52 bits per heavy atom. The van der Waals surface area contributed by atoms with Gasteiger partial charge in [0.2, 0.25) is 0 Å². The van der Waals surface area contributed by atoms with Crippen molar-refractivity contribution in [3.05, 3.63) is 77.4 Å². The summed E-state index contributed by atoms with van der Waals surface area (Å²) in [6.07, 6.45) is 1.72. The number of thioether (sulfide) groups is 1. The van der Waals surface area contributed by atoms with Crippen LogP contribution in [-0.4, -0.2) is 5.25 Å². The Morgan fingerprint density at radius 2 is 1.61 bits per heavy atom. The average molecular weight is 316 g/mol. The van der Waals surface area contributed by atoms with E-state index in [1.807, 2.05) is 11.8 Å². The molecule has 0 aromatic heterocycles. The highest BCUT2D eigenvalue weighted by Crippen LogP contribution is 2.62. The lowest BCUT2D eigenvalue weighted by atomic mass is 9.79. The summed E-state index contributed by atoms with van der Waals surface area (Å²) < 4.78 is 6.41. The van der Waals surface area contributed by atoms with E-state index in [9.17, 15) is 0 Å². The number of benzene rings is 3. The van der Waals surface area contributed by atoms with E-state index in [1.165, 1.54) is 32.4 Å². The molecule has 0 unspecified atom stereocenters. The lowest BCUT2D eigenvalue weighted by Gasteiger charge is -2.34. The average Bonchev–Trinajstić information content (AvgIpc) is 3.17. The van der Waals surface area contributed by atoms with Crippen LogP contribution in [0.4, 0.5) is 0 Å². The Hall–Kier alpha value is -1.77. The maximum atomic E-state index is 6.41. The van der Waals surface area contributed by atoms with Gasteiger partial charge >= 0.3 is 0 Å². The largest absolute Gasteiger partial charge is 0.364 e. The quantitative estimate of drug-likeness (QED) is 0.556. The minimum Gasteiger partial charge on any atom is -0.364 e. The number of rotatable bonds is 0. The van der Waals surface area contributed by atoms with E-state index in [1.54, 1.807) is 0 Å². The monoisotopic (exact) mass is 316 g/mol. The van der Waals surface area contributed by atoms with Gasteiger partial charge in [0.15, 0.2) is 0 Å². The molecule has 112 valence electrons. The van der Waals surface area contributed by atoms with Crippen molar-refractivity contribution >= 4 is 22.5 Å². The van der Waals surface area contributed by atoms with Crippen LogP contribution in [0.5, 0.6) is 0 Å². The van der Waals surface area contributed by atoms with Crippen molar-refractivity contribution in [3.63, 3.8) is 0 Å². The fraction of sp³-hybridized carbons (Fsp3) is 0.238. The second-order valence-corrected chi connectivity index (χ2v) is 8.04. The van der Waals surface area contributed by atoms with Crippen molar-refractivity contribution < 1.29 is 4.74 Å². The molecule has 0 amide bonds. The van der Waals surface area contributed by atoms with Crippen LogP contribution >= 0.6 is 11.8 Å². The Bertz CT molecular complexity index is 947.